The molecule has 5 heteroatoms. The van der Waals surface area contributed by atoms with E-state index in [9.17, 15) is 6.48 Å². The third-order valence-electron chi connectivity index (χ3n) is 9.73. The number of nitrogens with zero attached hydrogens (tertiary/aromatic N) is 3. The first-order valence-electron chi connectivity index (χ1n) is 23.2. The molecule has 2 aromatic heterocycles. The number of pyridine rings is 1. The van der Waals surface area contributed by atoms with Crippen molar-refractivity contribution < 1.29 is 39.9 Å². The number of imidazole rings is 1. The molecule has 0 saturated carbocycles. The zero-order valence-electron chi connectivity index (χ0n) is 41.9. The van der Waals surface area contributed by atoms with Crippen LogP contribution in [-0.2, 0) is 31.9 Å². The number of para-hydroxylation sites is 2. The van der Waals surface area contributed by atoms with Gasteiger partial charge in [-0.05, 0) is 81.9 Å². The molecule has 0 unspecified atom stereocenters. The monoisotopic (exact) mass is 921 g/mol. The van der Waals surface area contributed by atoms with E-state index in [1.165, 1.54) is 0 Å². The summed E-state index contributed by atoms with van der Waals surface area (Å²) in [5.41, 5.74) is 5.84. The molecule has 1 N–H and O–H groups in total. The maximum atomic E-state index is 11.3. The smallest absolute Gasteiger partial charge is 0.148 e. The van der Waals surface area contributed by atoms with Crippen LogP contribution >= 0.6 is 0 Å². The maximum absolute atomic E-state index is 11.3. The standard InChI is InChI=1S/C51H46N3O.Pt/c1-33-20-22-34(23-21-33)36-26-27-52-45(31-36)38-28-37(29-39(30-38)50(2,3)4)42-17-13-18-46-48(42)53-49(43-16-11-12-19-47(43)55)54(46)40-24-25-41(35-14-9-8-10-15-35)44(32-40)51(5,6)7;/h8-27,29-32,55H,1-7H3;/q-1;/i1D3,20D,21D,22D,23D,26D,27D,31D;. The first kappa shape index (κ1) is 27.9. The van der Waals surface area contributed by atoms with Crippen molar-refractivity contribution in [2.24, 2.45) is 0 Å². The molecule has 0 fully saturated rings. The molecule has 0 bridgehead atoms. The molecule has 0 radical (unpaired) electrons. The number of aromatic hydroxyl groups is 1. The van der Waals surface area contributed by atoms with Crippen molar-refractivity contribution in [3.05, 3.63) is 168 Å². The third-order valence-corrected chi connectivity index (χ3v) is 9.73. The van der Waals surface area contributed by atoms with Crippen molar-refractivity contribution in [1.29, 1.82) is 0 Å². The van der Waals surface area contributed by atoms with Gasteiger partial charge in [-0.3, -0.25) is 9.55 Å². The Labute approximate surface area is 359 Å². The zero-order chi connectivity index (χ0) is 47.1. The summed E-state index contributed by atoms with van der Waals surface area (Å²) in [6.45, 7) is 9.64. The molecule has 0 saturated heterocycles. The van der Waals surface area contributed by atoms with E-state index >= 15 is 0 Å². The number of aromatic nitrogens is 3. The molecule has 4 nitrogen and oxygen atoms in total. The molecule has 0 aliphatic carbocycles. The van der Waals surface area contributed by atoms with E-state index in [0.29, 0.717) is 28.0 Å². The van der Waals surface area contributed by atoms with Crippen LogP contribution in [0.25, 0.3) is 72.7 Å². The Kier molecular flexibility index (Phi) is 7.56. The van der Waals surface area contributed by atoms with E-state index in [4.69, 9.17) is 17.3 Å². The number of hydrogen-bond acceptors (Lipinski definition) is 3. The Bertz CT molecular complexity index is 3180. The number of fused-ring (bicyclic) bond motifs is 1. The van der Waals surface area contributed by atoms with Crippen LogP contribution < -0.4 is 0 Å². The Morgan fingerprint density at radius 2 is 1.39 bits per heavy atom. The molecule has 282 valence electrons. The summed E-state index contributed by atoms with van der Waals surface area (Å²) >= 11 is 0. The summed E-state index contributed by atoms with van der Waals surface area (Å²) in [6.07, 6.45) is -0.583. The largest absolute Gasteiger partial charge is 0.507 e. The van der Waals surface area contributed by atoms with E-state index in [2.05, 4.69) is 62.2 Å². The van der Waals surface area contributed by atoms with E-state index in [1.807, 2.05) is 79.9 Å². The van der Waals surface area contributed by atoms with Crippen molar-refractivity contribution >= 4 is 11.0 Å². The van der Waals surface area contributed by atoms with Crippen molar-refractivity contribution in [3.63, 3.8) is 0 Å². The fourth-order valence-corrected chi connectivity index (χ4v) is 6.87. The molecule has 56 heavy (non-hydrogen) atoms. The summed E-state index contributed by atoms with van der Waals surface area (Å²) in [6, 6.07) is 32.5. The van der Waals surface area contributed by atoms with Gasteiger partial charge in [0.2, 0.25) is 0 Å². The van der Waals surface area contributed by atoms with Gasteiger partial charge in [0, 0.05) is 42.7 Å². The maximum Gasteiger partial charge on any atom is 0.148 e. The topological polar surface area (TPSA) is 50.9 Å². The Morgan fingerprint density at radius 3 is 2.11 bits per heavy atom. The molecule has 8 rings (SSSR count). The second kappa shape index (κ2) is 15.2. The molecule has 6 aromatic carbocycles. The van der Waals surface area contributed by atoms with E-state index in [1.54, 1.807) is 18.2 Å². The minimum Gasteiger partial charge on any atom is -0.507 e. The second-order valence-electron chi connectivity index (χ2n) is 15.7. The van der Waals surface area contributed by atoms with Gasteiger partial charge in [0.1, 0.15) is 11.6 Å². The van der Waals surface area contributed by atoms with Gasteiger partial charge in [0.15, 0.2) is 0 Å². The van der Waals surface area contributed by atoms with Crippen molar-refractivity contribution in [3.8, 4) is 67.5 Å². The van der Waals surface area contributed by atoms with E-state index in [0.717, 1.165) is 33.5 Å². The number of phenolic OH excluding ortho intramolecular Hbond substituents is 1. The predicted octanol–water partition coefficient (Wildman–Crippen LogP) is 13.2. The third kappa shape index (κ3) is 7.51. The first-order chi connectivity index (χ1) is 30.5. The quantitative estimate of drug-likeness (QED) is 0.169. The normalized spacial score (nSPS) is 14.5. The average Bonchev–Trinajstić information content (AvgIpc) is 3.64. The number of benzene rings is 6. The van der Waals surface area contributed by atoms with Crippen molar-refractivity contribution in [2.75, 3.05) is 0 Å². The van der Waals surface area contributed by atoms with Gasteiger partial charge in [0.05, 0.1) is 26.2 Å². The van der Waals surface area contributed by atoms with Crippen LogP contribution in [0.5, 0.6) is 5.75 Å². The van der Waals surface area contributed by atoms with Crippen LogP contribution in [0.15, 0.2) is 146 Å². The molecular formula is C51H46N3OPt-. The Hall–Kier alpha value is -5.57. The molecule has 2 heterocycles. The molecule has 0 aliphatic rings. The SMILES string of the molecule is [2H]c1nc(-c2[c-]c(-c3cccc4c3nc(-c3ccccc3O)n4-c3ccc(-c4ccccc4)c(C(C)(C)C)c3)cc(C(C)(C)C)c2)c([2H])c(-c2c([2H])c([2H])c(C([2H])([2H])[2H])c([2H])c2[2H])c1[2H].[Pt]. The van der Waals surface area contributed by atoms with Gasteiger partial charge in [0.25, 0.3) is 0 Å². The Balaban J connectivity index is 0.00000648. The number of phenols is 1. The van der Waals surface area contributed by atoms with Crippen LogP contribution in [0.2, 0.25) is 0 Å². The zero-order valence-corrected chi connectivity index (χ0v) is 34.2. The van der Waals surface area contributed by atoms with Gasteiger partial charge in [-0.2, -0.15) is 0 Å². The molecule has 8 aromatic rings. The van der Waals surface area contributed by atoms with Gasteiger partial charge in [-0.1, -0.05) is 149 Å². The summed E-state index contributed by atoms with van der Waals surface area (Å²) in [7, 11) is 0. The number of hydrogen-bond donors (Lipinski definition) is 1. The van der Waals surface area contributed by atoms with Gasteiger partial charge < -0.3 is 5.11 Å². The molecule has 0 amide bonds. The van der Waals surface area contributed by atoms with Gasteiger partial charge in [-0.25, -0.2) is 4.98 Å². The summed E-state index contributed by atoms with van der Waals surface area (Å²) in [5, 5.41) is 11.3. The number of rotatable bonds is 6. The molecule has 0 atom stereocenters. The van der Waals surface area contributed by atoms with Crippen LogP contribution in [0.4, 0.5) is 0 Å². The van der Waals surface area contributed by atoms with Crippen molar-refractivity contribution in [2.45, 2.75) is 59.2 Å². The van der Waals surface area contributed by atoms with E-state index in [-0.39, 0.29) is 49.1 Å². The van der Waals surface area contributed by atoms with Crippen molar-refractivity contribution in [1.82, 2.24) is 14.5 Å². The predicted molar refractivity (Wildman–Crippen MR) is 229 cm³/mol. The van der Waals surface area contributed by atoms with Crippen LogP contribution in [-0.4, -0.2) is 19.6 Å². The van der Waals surface area contributed by atoms with E-state index < -0.39 is 65.8 Å². The summed E-state index contributed by atoms with van der Waals surface area (Å²) < 4.78 is 87.4. The van der Waals surface area contributed by atoms with Gasteiger partial charge in [-0.15, -0.1) is 29.3 Å². The molecule has 0 spiro atoms. The van der Waals surface area contributed by atoms with Crippen LogP contribution in [0.1, 0.15) is 71.9 Å². The minimum atomic E-state index is -2.96. The van der Waals surface area contributed by atoms with Crippen LogP contribution in [0.3, 0.4) is 0 Å². The minimum absolute atomic E-state index is 0. The Morgan fingerprint density at radius 1 is 0.679 bits per heavy atom. The average molecular weight is 922 g/mol. The summed E-state index contributed by atoms with van der Waals surface area (Å²) in [4.78, 5) is 9.66. The first-order valence-corrected chi connectivity index (χ1v) is 18.2. The molecular weight excluding hydrogens is 866 g/mol. The van der Waals surface area contributed by atoms with Gasteiger partial charge >= 0.3 is 0 Å². The second-order valence-corrected chi connectivity index (χ2v) is 15.7. The van der Waals surface area contributed by atoms with Crippen LogP contribution in [0, 0.1) is 12.9 Å². The summed E-state index contributed by atoms with van der Waals surface area (Å²) in [5.74, 6) is 0.550. The fourth-order valence-electron chi connectivity index (χ4n) is 6.87. The molecule has 0 aliphatic heterocycles. The fraction of sp³-hybridized carbons (Fsp3) is 0.176.